The molecule has 0 saturated carbocycles. The Morgan fingerprint density at radius 1 is 1.40 bits per heavy atom. The zero-order chi connectivity index (χ0) is 11.5. The summed E-state index contributed by atoms with van der Waals surface area (Å²) in [6.07, 6.45) is 1.16. The molecule has 0 unspecified atom stereocenters. The van der Waals surface area contributed by atoms with Gasteiger partial charge in [0.2, 0.25) is 5.95 Å². The van der Waals surface area contributed by atoms with E-state index in [-0.39, 0.29) is 11.2 Å². The van der Waals surface area contributed by atoms with Crippen molar-refractivity contribution in [2.75, 3.05) is 24.2 Å². The van der Waals surface area contributed by atoms with Crippen molar-refractivity contribution >= 4 is 11.8 Å². The highest BCUT2D eigenvalue weighted by atomic mass is 19.1. The highest BCUT2D eigenvalue weighted by Crippen LogP contribution is 2.16. The van der Waals surface area contributed by atoms with Gasteiger partial charge in [-0.15, -0.1) is 0 Å². The Labute approximate surface area is 89.3 Å². The Morgan fingerprint density at radius 3 is 2.60 bits per heavy atom. The molecule has 0 spiro atoms. The van der Waals surface area contributed by atoms with E-state index < -0.39 is 5.82 Å². The summed E-state index contributed by atoms with van der Waals surface area (Å²) in [6, 6.07) is 0. The fourth-order valence-electron chi connectivity index (χ4n) is 0.960. The van der Waals surface area contributed by atoms with Crippen LogP contribution < -0.4 is 10.6 Å². The van der Waals surface area contributed by atoms with E-state index in [1.165, 1.54) is 0 Å². The average molecular weight is 212 g/mol. The van der Waals surface area contributed by atoms with Crippen molar-refractivity contribution in [3.05, 3.63) is 12.0 Å². The molecule has 0 aliphatic rings. The van der Waals surface area contributed by atoms with E-state index in [0.29, 0.717) is 12.5 Å². The van der Waals surface area contributed by atoms with Gasteiger partial charge in [-0.1, -0.05) is 20.8 Å². The number of nitrogens with one attached hydrogen (secondary N) is 2. The van der Waals surface area contributed by atoms with Crippen LogP contribution in [-0.2, 0) is 0 Å². The summed E-state index contributed by atoms with van der Waals surface area (Å²) < 4.78 is 13.3. The SMILES string of the molecule is CNc1ncc(F)c(NCC(C)(C)C)n1. The summed E-state index contributed by atoms with van der Waals surface area (Å²) in [5, 5.41) is 5.72. The van der Waals surface area contributed by atoms with Crippen LogP contribution in [0, 0.1) is 11.2 Å². The topological polar surface area (TPSA) is 49.8 Å². The van der Waals surface area contributed by atoms with Crippen LogP contribution in [0.4, 0.5) is 16.2 Å². The van der Waals surface area contributed by atoms with Gasteiger partial charge >= 0.3 is 0 Å². The molecule has 0 aliphatic carbocycles. The van der Waals surface area contributed by atoms with Gasteiger partial charge in [0, 0.05) is 13.6 Å². The predicted molar refractivity (Wildman–Crippen MR) is 59.5 cm³/mol. The molecule has 1 heterocycles. The maximum Gasteiger partial charge on any atom is 0.224 e. The van der Waals surface area contributed by atoms with Gasteiger partial charge in [-0.25, -0.2) is 9.37 Å². The smallest absolute Gasteiger partial charge is 0.224 e. The highest BCUT2D eigenvalue weighted by Gasteiger charge is 2.12. The second kappa shape index (κ2) is 4.42. The monoisotopic (exact) mass is 212 g/mol. The van der Waals surface area contributed by atoms with Crippen molar-refractivity contribution in [3.63, 3.8) is 0 Å². The molecule has 4 nitrogen and oxygen atoms in total. The lowest BCUT2D eigenvalue weighted by molar-refractivity contribution is 0.441. The van der Waals surface area contributed by atoms with Crippen LogP contribution in [-0.4, -0.2) is 23.6 Å². The van der Waals surface area contributed by atoms with Crippen molar-refractivity contribution in [2.24, 2.45) is 5.41 Å². The largest absolute Gasteiger partial charge is 0.367 e. The van der Waals surface area contributed by atoms with Crippen LogP contribution in [0.2, 0.25) is 0 Å². The summed E-state index contributed by atoms with van der Waals surface area (Å²) in [5.41, 5.74) is 0.0806. The van der Waals surface area contributed by atoms with Crippen LogP contribution in [0.1, 0.15) is 20.8 Å². The van der Waals surface area contributed by atoms with Crippen molar-refractivity contribution < 1.29 is 4.39 Å². The van der Waals surface area contributed by atoms with Gasteiger partial charge in [-0.3, -0.25) is 0 Å². The highest BCUT2D eigenvalue weighted by molar-refractivity contribution is 5.40. The second-order valence-electron chi connectivity index (χ2n) is 4.55. The summed E-state index contributed by atoms with van der Waals surface area (Å²) in [7, 11) is 1.70. The zero-order valence-electron chi connectivity index (χ0n) is 9.56. The fraction of sp³-hybridized carbons (Fsp3) is 0.600. The third-order valence-corrected chi connectivity index (χ3v) is 1.75. The first-order chi connectivity index (χ1) is 6.92. The van der Waals surface area contributed by atoms with Crippen LogP contribution in [0.25, 0.3) is 0 Å². The predicted octanol–water partition coefficient (Wildman–Crippen LogP) is 2.12. The first-order valence-corrected chi connectivity index (χ1v) is 4.86. The molecule has 0 amide bonds. The molecule has 1 rings (SSSR count). The number of halogens is 1. The quantitative estimate of drug-likeness (QED) is 0.805. The fourth-order valence-corrected chi connectivity index (χ4v) is 0.960. The number of nitrogens with zero attached hydrogens (tertiary/aromatic N) is 2. The van der Waals surface area contributed by atoms with Gasteiger partial charge in [0.1, 0.15) is 0 Å². The number of hydrogen-bond acceptors (Lipinski definition) is 4. The zero-order valence-corrected chi connectivity index (χ0v) is 9.56. The van der Waals surface area contributed by atoms with Crippen molar-refractivity contribution in [1.29, 1.82) is 0 Å². The molecule has 15 heavy (non-hydrogen) atoms. The lowest BCUT2D eigenvalue weighted by Crippen LogP contribution is -2.20. The number of hydrogen-bond donors (Lipinski definition) is 2. The van der Waals surface area contributed by atoms with Crippen LogP contribution in [0.15, 0.2) is 6.20 Å². The third-order valence-electron chi connectivity index (χ3n) is 1.75. The maximum absolute atomic E-state index is 13.3. The van der Waals surface area contributed by atoms with E-state index in [1.54, 1.807) is 7.05 Å². The summed E-state index contributed by atoms with van der Waals surface area (Å²) in [4.78, 5) is 7.75. The molecule has 2 N–H and O–H groups in total. The molecule has 0 radical (unpaired) electrons. The Hall–Kier alpha value is -1.39. The van der Waals surface area contributed by atoms with Crippen LogP contribution in [0.3, 0.4) is 0 Å². The summed E-state index contributed by atoms with van der Waals surface area (Å²) in [6.45, 7) is 6.86. The molecule has 0 aliphatic heterocycles. The Kier molecular flexibility index (Phi) is 3.44. The molecular weight excluding hydrogens is 195 g/mol. The summed E-state index contributed by atoms with van der Waals surface area (Å²) >= 11 is 0. The third kappa shape index (κ3) is 3.69. The maximum atomic E-state index is 13.3. The first kappa shape index (κ1) is 11.7. The van der Waals surface area contributed by atoms with Gasteiger partial charge in [0.25, 0.3) is 0 Å². The molecule has 0 bridgehead atoms. The molecule has 84 valence electrons. The molecule has 0 atom stereocenters. The van der Waals surface area contributed by atoms with Crippen molar-refractivity contribution in [3.8, 4) is 0 Å². The lowest BCUT2D eigenvalue weighted by Gasteiger charge is -2.19. The second-order valence-corrected chi connectivity index (χ2v) is 4.55. The Morgan fingerprint density at radius 2 is 2.07 bits per heavy atom. The Bertz CT molecular complexity index is 333. The van der Waals surface area contributed by atoms with Crippen LogP contribution >= 0.6 is 0 Å². The van der Waals surface area contributed by atoms with E-state index >= 15 is 0 Å². The average Bonchev–Trinajstić information content (AvgIpc) is 2.15. The van der Waals surface area contributed by atoms with Crippen molar-refractivity contribution in [2.45, 2.75) is 20.8 Å². The minimum atomic E-state index is -0.432. The minimum absolute atomic E-state index is 0.0806. The molecule has 0 fully saturated rings. The van der Waals surface area contributed by atoms with Gasteiger partial charge in [0.05, 0.1) is 6.20 Å². The summed E-state index contributed by atoms with van der Waals surface area (Å²) in [5.74, 6) is 0.218. The van der Waals surface area contributed by atoms with Gasteiger partial charge in [-0.2, -0.15) is 4.98 Å². The van der Waals surface area contributed by atoms with E-state index in [2.05, 4.69) is 41.4 Å². The standard InChI is InChI=1S/C10H17FN4/c1-10(2,3)6-14-8-7(11)5-13-9(12-4)15-8/h5H,6H2,1-4H3,(H2,12,13,14,15). The van der Waals surface area contributed by atoms with Crippen molar-refractivity contribution in [1.82, 2.24) is 9.97 Å². The van der Waals surface area contributed by atoms with E-state index in [9.17, 15) is 4.39 Å². The molecule has 5 heteroatoms. The van der Waals surface area contributed by atoms with E-state index in [1.807, 2.05) is 0 Å². The van der Waals surface area contributed by atoms with E-state index in [4.69, 9.17) is 0 Å². The van der Waals surface area contributed by atoms with Gasteiger partial charge in [-0.05, 0) is 5.41 Å². The normalized spacial score (nSPS) is 11.3. The number of rotatable bonds is 3. The van der Waals surface area contributed by atoms with Crippen LogP contribution in [0.5, 0.6) is 0 Å². The van der Waals surface area contributed by atoms with E-state index in [0.717, 1.165) is 6.20 Å². The van der Waals surface area contributed by atoms with Gasteiger partial charge < -0.3 is 10.6 Å². The number of anilines is 2. The molecule has 0 aromatic carbocycles. The first-order valence-electron chi connectivity index (χ1n) is 4.86. The number of aromatic nitrogens is 2. The lowest BCUT2D eigenvalue weighted by atomic mass is 9.97. The molecule has 1 aromatic rings. The Balaban J connectivity index is 2.75. The molecular formula is C10H17FN4. The molecule has 1 aromatic heterocycles. The minimum Gasteiger partial charge on any atom is -0.367 e. The van der Waals surface area contributed by atoms with Gasteiger partial charge in [0.15, 0.2) is 11.6 Å². The molecule has 0 saturated heterocycles.